The van der Waals surface area contributed by atoms with Crippen LogP contribution in [0.3, 0.4) is 0 Å². The van der Waals surface area contributed by atoms with Crippen molar-refractivity contribution in [3.05, 3.63) is 18.1 Å². The molecule has 0 aromatic rings. The number of aliphatic hydroxyl groups excluding tert-OH is 1. The number of fused-ring (bicyclic) bond motifs is 4. The van der Waals surface area contributed by atoms with Crippen LogP contribution in [-0.4, -0.2) is 90.2 Å². The Morgan fingerprint density at radius 1 is 1.06 bits per heavy atom. The van der Waals surface area contributed by atoms with E-state index in [0.717, 1.165) is 70.9 Å². The number of carbonyl (C=O) groups excluding carboxylic acids is 1. The molecular weight excluding hydrogens is 634 g/mol. The van der Waals surface area contributed by atoms with Gasteiger partial charge in [0.25, 0.3) is 0 Å². The molecule has 3 saturated heterocycles. The highest BCUT2D eigenvalue weighted by Crippen LogP contribution is 2.90. The zero-order valence-electron chi connectivity index (χ0n) is 31.6. The van der Waals surface area contributed by atoms with E-state index < -0.39 is 23.2 Å². The van der Waals surface area contributed by atoms with Gasteiger partial charge in [0.1, 0.15) is 12.2 Å². The fraction of sp³-hybridized carbons (Fsp3) is 0.902. The van der Waals surface area contributed by atoms with Crippen molar-refractivity contribution in [3.8, 4) is 0 Å². The third-order valence-electron chi connectivity index (χ3n) is 16.6. The summed E-state index contributed by atoms with van der Waals surface area (Å²) in [6.07, 6.45) is 9.90. The highest BCUT2D eigenvalue weighted by molar-refractivity contribution is 5.75. The van der Waals surface area contributed by atoms with Crippen molar-refractivity contribution in [2.75, 3.05) is 32.9 Å². The molecule has 9 heteroatoms. The first-order valence-corrected chi connectivity index (χ1v) is 20.0. The summed E-state index contributed by atoms with van der Waals surface area (Å²) in [6.45, 7) is 19.5. The first kappa shape index (κ1) is 34.9. The topological polar surface area (TPSA) is 107 Å². The minimum Gasteiger partial charge on any atom is -0.456 e. The van der Waals surface area contributed by atoms with Crippen molar-refractivity contribution in [1.29, 1.82) is 0 Å². The third-order valence-corrected chi connectivity index (χ3v) is 16.6. The van der Waals surface area contributed by atoms with E-state index in [0.29, 0.717) is 31.1 Å². The van der Waals surface area contributed by atoms with E-state index in [2.05, 4.69) is 39.5 Å². The van der Waals surface area contributed by atoms with E-state index in [1.807, 2.05) is 0 Å². The molecule has 3 radical (unpaired) electrons. The largest absolute Gasteiger partial charge is 0.456 e. The third kappa shape index (κ3) is 4.71. The summed E-state index contributed by atoms with van der Waals surface area (Å²) in [7, 11) is 0. The van der Waals surface area contributed by atoms with Crippen LogP contribution in [0.15, 0.2) is 0 Å². The van der Waals surface area contributed by atoms with Crippen LogP contribution in [0.5, 0.6) is 0 Å². The van der Waals surface area contributed by atoms with Gasteiger partial charge in [-0.25, -0.2) is 0 Å². The van der Waals surface area contributed by atoms with Gasteiger partial charge in [-0.3, -0.25) is 9.69 Å². The van der Waals surface area contributed by atoms with Gasteiger partial charge in [0.15, 0.2) is 12.4 Å². The standard InChI is InChI=1S/C41H62NO8/c1-23-18-26(34(37(4,5)45)50-35(44)24-8-9-24)48-32-31(23)38(6)14-15-41-22-40(41)13-12-29(49-30-19-42(16-17-47-30)25-20-46-21-25)36(2,3)27(40)10-11-28(41)39(38,7)33(32)43/h23-25,27,29-31,33-34,43,45H,8-22H2,1-7H3/t23-,27+,29+,30+,31+,33+,34+,38-,39-,40-,41+/m1/s1. The van der Waals surface area contributed by atoms with Crippen LogP contribution in [0.25, 0.3) is 0 Å². The van der Waals surface area contributed by atoms with Crippen LogP contribution >= 0.6 is 0 Å². The van der Waals surface area contributed by atoms with Crippen molar-refractivity contribution in [2.45, 2.75) is 149 Å². The molecule has 9 rings (SSSR count). The number of morpholine rings is 1. The van der Waals surface area contributed by atoms with Crippen LogP contribution in [0, 0.1) is 68.9 Å². The van der Waals surface area contributed by atoms with Crippen LogP contribution in [0.1, 0.15) is 113 Å². The Balaban J connectivity index is 0.946. The average molecular weight is 697 g/mol. The molecule has 6 aliphatic carbocycles. The van der Waals surface area contributed by atoms with Gasteiger partial charge in [0.2, 0.25) is 0 Å². The molecule has 11 atom stereocenters. The van der Waals surface area contributed by atoms with Crippen molar-refractivity contribution in [1.82, 2.24) is 4.90 Å². The molecular formula is C41H62NO8. The smallest absolute Gasteiger partial charge is 0.309 e. The van der Waals surface area contributed by atoms with Crippen LogP contribution in [0.2, 0.25) is 0 Å². The molecule has 279 valence electrons. The van der Waals surface area contributed by atoms with Crippen LogP contribution in [0.4, 0.5) is 0 Å². The molecule has 6 saturated carbocycles. The number of rotatable bonds is 7. The van der Waals surface area contributed by atoms with Gasteiger partial charge < -0.3 is 33.9 Å². The number of hydrogen-bond acceptors (Lipinski definition) is 9. The molecule has 3 aliphatic heterocycles. The maximum absolute atomic E-state index is 12.8. The molecule has 9 aliphatic rings. The van der Waals surface area contributed by atoms with E-state index >= 15 is 0 Å². The Labute approximate surface area is 299 Å². The number of nitrogens with zero attached hydrogens (tertiary/aromatic N) is 1. The molecule has 9 fully saturated rings. The van der Waals surface area contributed by atoms with Gasteiger partial charge in [-0.1, -0.05) is 34.6 Å². The second kappa shape index (κ2) is 11.4. The summed E-state index contributed by atoms with van der Waals surface area (Å²) >= 11 is 0. The zero-order valence-corrected chi connectivity index (χ0v) is 31.6. The van der Waals surface area contributed by atoms with Crippen LogP contribution in [-0.2, 0) is 28.5 Å². The number of carbonyl (C=O) groups is 1. The first-order chi connectivity index (χ1) is 23.6. The lowest BCUT2D eigenvalue weighted by atomic mass is 9.41. The van der Waals surface area contributed by atoms with Crippen molar-refractivity contribution in [2.24, 2.45) is 50.7 Å². The summed E-state index contributed by atoms with van der Waals surface area (Å²) < 4.78 is 31.3. The molecule has 0 bridgehead atoms. The monoisotopic (exact) mass is 696 g/mol. The van der Waals surface area contributed by atoms with Crippen molar-refractivity contribution >= 4 is 5.97 Å². The van der Waals surface area contributed by atoms with Crippen molar-refractivity contribution in [3.63, 3.8) is 0 Å². The van der Waals surface area contributed by atoms with Crippen molar-refractivity contribution < 1.29 is 38.7 Å². The van der Waals surface area contributed by atoms with Gasteiger partial charge in [-0.05, 0) is 117 Å². The summed E-state index contributed by atoms with van der Waals surface area (Å²) in [6, 6.07) is 0.503. The lowest BCUT2D eigenvalue weighted by Crippen LogP contribution is -2.60. The highest BCUT2D eigenvalue weighted by atomic mass is 16.7. The Morgan fingerprint density at radius 3 is 2.50 bits per heavy atom. The maximum Gasteiger partial charge on any atom is 0.309 e. The molecule has 2 spiro atoms. The molecule has 50 heavy (non-hydrogen) atoms. The second-order valence-electron chi connectivity index (χ2n) is 19.9. The first-order valence-electron chi connectivity index (χ1n) is 20.0. The fourth-order valence-electron chi connectivity index (χ4n) is 13.6. The quantitative estimate of drug-likeness (QED) is 0.328. The van der Waals surface area contributed by atoms with Gasteiger partial charge in [0.05, 0.1) is 56.1 Å². The highest BCUT2D eigenvalue weighted by Gasteiger charge is 2.85. The lowest BCUT2D eigenvalue weighted by Gasteiger charge is -2.63. The predicted molar refractivity (Wildman–Crippen MR) is 184 cm³/mol. The average Bonchev–Trinajstić information content (AvgIpc) is 3.95. The van der Waals surface area contributed by atoms with E-state index in [1.165, 1.54) is 19.3 Å². The van der Waals surface area contributed by atoms with E-state index in [-0.39, 0.29) is 57.8 Å². The molecule has 9 nitrogen and oxygen atoms in total. The molecule has 2 N–H and O–H groups in total. The van der Waals surface area contributed by atoms with E-state index in [9.17, 15) is 15.0 Å². The Hall–Kier alpha value is -0.810. The zero-order chi connectivity index (χ0) is 35.2. The minimum absolute atomic E-state index is 0.0304. The van der Waals surface area contributed by atoms with E-state index in [4.69, 9.17) is 23.7 Å². The van der Waals surface area contributed by atoms with Gasteiger partial charge >= 0.3 is 5.97 Å². The molecule has 0 aromatic heterocycles. The second-order valence-corrected chi connectivity index (χ2v) is 19.9. The van der Waals surface area contributed by atoms with Crippen LogP contribution < -0.4 is 0 Å². The molecule has 0 unspecified atom stereocenters. The molecule has 3 heterocycles. The summed E-state index contributed by atoms with van der Waals surface area (Å²) in [4.78, 5) is 15.3. The van der Waals surface area contributed by atoms with Gasteiger partial charge in [0, 0.05) is 17.9 Å². The van der Waals surface area contributed by atoms with Gasteiger partial charge in [-0.2, -0.15) is 0 Å². The number of hydrogen-bond donors (Lipinski definition) is 2. The van der Waals surface area contributed by atoms with Gasteiger partial charge in [-0.15, -0.1) is 0 Å². The lowest BCUT2D eigenvalue weighted by molar-refractivity contribution is -0.252. The summed E-state index contributed by atoms with van der Waals surface area (Å²) in [5.74, 6) is 2.15. The number of ether oxygens (including phenoxy) is 5. The fourth-order valence-corrected chi connectivity index (χ4v) is 13.6. The number of aliphatic hydroxyl groups is 2. The predicted octanol–water partition coefficient (Wildman–Crippen LogP) is 5.62. The summed E-state index contributed by atoms with van der Waals surface area (Å²) in [5.41, 5.74) is -1.37. The number of esters is 1. The Bertz CT molecular complexity index is 1360. The Morgan fingerprint density at radius 2 is 1.82 bits per heavy atom. The molecule has 0 amide bonds. The SMILES string of the molecule is C[C@@H]1C[C]([C@H](OC(=O)C2CC2)C(C)(C)O)O[C]2[C@H]1[C@@]1(C)CC[C@@]34C[C@@]35CC[C@H](O[C@H]3CN(C6COC6)CCO3)C(C)(C)[C@@H]5CC[C]4[C@]1(C)[C@H]2O. The maximum atomic E-state index is 12.8. The van der Waals surface area contributed by atoms with E-state index in [1.54, 1.807) is 19.8 Å². The summed E-state index contributed by atoms with van der Waals surface area (Å²) in [5, 5.41) is 23.8. The Kier molecular flexibility index (Phi) is 7.94. The normalized spacial score (nSPS) is 48.7. The molecule has 0 aromatic carbocycles. The minimum atomic E-state index is -1.29.